The standard InChI is InChI=1S/C21H17FN4OS/c1-2-15-19(12-5-7-14(22)8-6-12)21-24-23-20-16(26(21)25-15)10-13(11-17(20)27)18-4-3-9-28-18/h3-9,13H,2,10-11H2,1H3/t13-/m1/s1. The van der Waals surface area contributed by atoms with E-state index in [0.29, 0.717) is 30.6 Å². The average Bonchev–Trinajstić information content (AvgIpc) is 3.36. The van der Waals surface area contributed by atoms with E-state index >= 15 is 0 Å². The maximum absolute atomic E-state index is 13.4. The van der Waals surface area contributed by atoms with Crippen molar-refractivity contribution >= 4 is 22.8 Å². The van der Waals surface area contributed by atoms with Gasteiger partial charge in [0.05, 0.1) is 17.0 Å². The first-order chi connectivity index (χ1) is 13.7. The van der Waals surface area contributed by atoms with Crippen molar-refractivity contribution in [3.8, 4) is 11.1 Å². The third kappa shape index (κ3) is 2.65. The molecule has 1 aromatic carbocycles. The van der Waals surface area contributed by atoms with E-state index < -0.39 is 0 Å². The zero-order valence-corrected chi connectivity index (χ0v) is 16.0. The molecule has 0 spiro atoms. The van der Waals surface area contributed by atoms with E-state index in [1.54, 1.807) is 28.0 Å². The largest absolute Gasteiger partial charge is 0.292 e. The smallest absolute Gasteiger partial charge is 0.185 e. The number of hydrogen-bond donors (Lipinski definition) is 0. The molecular weight excluding hydrogens is 375 g/mol. The first kappa shape index (κ1) is 17.2. The Balaban J connectivity index is 1.70. The number of carbonyl (C=O) groups is 1. The van der Waals surface area contributed by atoms with Crippen LogP contribution < -0.4 is 0 Å². The molecule has 3 heterocycles. The van der Waals surface area contributed by atoms with Crippen molar-refractivity contribution in [2.75, 3.05) is 0 Å². The lowest BCUT2D eigenvalue weighted by Gasteiger charge is -2.21. The molecule has 0 bridgehead atoms. The molecule has 0 saturated heterocycles. The van der Waals surface area contributed by atoms with Crippen molar-refractivity contribution in [3.63, 3.8) is 0 Å². The van der Waals surface area contributed by atoms with Crippen LogP contribution in [0.15, 0.2) is 41.8 Å². The molecule has 4 aromatic rings. The number of thiophene rings is 1. The van der Waals surface area contributed by atoms with Gasteiger partial charge in [0, 0.05) is 23.6 Å². The summed E-state index contributed by atoms with van der Waals surface area (Å²) >= 11 is 1.67. The van der Waals surface area contributed by atoms with Crippen LogP contribution in [0.3, 0.4) is 0 Å². The normalized spacial score (nSPS) is 16.5. The van der Waals surface area contributed by atoms with Crippen LogP contribution in [0.1, 0.15) is 46.0 Å². The van der Waals surface area contributed by atoms with Crippen molar-refractivity contribution in [1.82, 2.24) is 19.8 Å². The molecule has 0 radical (unpaired) electrons. The van der Waals surface area contributed by atoms with E-state index in [4.69, 9.17) is 5.10 Å². The van der Waals surface area contributed by atoms with Crippen molar-refractivity contribution in [1.29, 1.82) is 0 Å². The van der Waals surface area contributed by atoms with E-state index in [9.17, 15) is 9.18 Å². The maximum atomic E-state index is 13.4. The second kappa shape index (κ2) is 6.60. The third-order valence-electron chi connectivity index (χ3n) is 5.26. The Labute approximate surface area is 164 Å². The fourth-order valence-electron chi connectivity index (χ4n) is 3.90. The summed E-state index contributed by atoms with van der Waals surface area (Å²) in [6.07, 6.45) is 1.84. The molecule has 0 amide bonds. The van der Waals surface area contributed by atoms with Gasteiger partial charge >= 0.3 is 0 Å². The van der Waals surface area contributed by atoms with Crippen LogP contribution in [-0.2, 0) is 12.8 Å². The molecule has 0 aliphatic heterocycles. The van der Waals surface area contributed by atoms with Crippen molar-refractivity contribution in [2.24, 2.45) is 0 Å². The first-order valence-corrected chi connectivity index (χ1v) is 10.1. The molecule has 5 nitrogen and oxygen atoms in total. The van der Waals surface area contributed by atoms with E-state index in [-0.39, 0.29) is 17.5 Å². The zero-order chi connectivity index (χ0) is 19.3. The first-order valence-electron chi connectivity index (χ1n) is 9.25. The number of halogens is 1. The van der Waals surface area contributed by atoms with Crippen LogP contribution in [0, 0.1) is 5.82 Å². The Morgan fingerprint density at radius 1 is 1.18 bits per heavy atom. The number of Topliss-reactive ketones (excluding diaryl/α,β-unsaturated/α-hetero) is 1. The van der Waals surface area contributed by atoms with Crippen LogP contribution >= 0.6 is 11.3 Å². The SMILES string of the molecule is CCc1nn2c3c(nnc2c1-c1ccc(F)cc1)C(=O)C[C@H](c1cccs1)C3. The molecule has 28 heavy (non-hydrogen) atoms. The lowest BCUT2D eigenvalue weighted by atomic mass is 9.87. The van der Waals surface area contributed by atoms with Crippen LogP contribution in [0.4, 0.5) is 4.39 Å². The molecule has 1 atom stereocenters. The summed E-state index contributed by atoms with van der Waals surface area (Å²) < 4.78 is 15.2. The topological polar surface area (TPSA) is 60.1 Å². The lowest BCUT2D eigenvalue weighted by molar-refractivity contribution is 0.0956. The summed E-state index contributed by atoms with van der Waals surface area (Å²) in [5.41, 5.74) is 4.39. The van der Waals surface area contributed by atoms with E-state index in [0.717, 1.165) is 22.5 Å². The predicted molar refractivity (Wildman–Crippen MR) is 105 cm³/mol. The van der Waals surface area contributed by atoms with Gasteiger partial charge < -0.3 is 0 Å². The monoisotopic (exact) mass is 392 g/mol. The second-order valence-corrected chi connectivity index (χ2v) is 7.94. The van der Waals surface area contributed by atoms with Gasteiger partial charge in [0.1, 0.15) is 5.82 Å². The fourth-order valence-corrected chi connectivity index (χ4v) is 4.73. The molecule has 0 N–H and O–H groups in total. The summed E-state index contributed by atoms with van der Waals surface area (Å²) in [6, 6.07) is 10.4. The van der Waals surface area contributed by atoms with Crippen LogP contribution in [-0.4, -0.2) is 25.6 Å². The summed E-state index contributed by atoms with van der Waals surface area (Å²) in [6.45, 7) is 2.02. The van der Waals surface area contributed by atoms with Gasteiger partial charge in [-0.05, 0) is 35.6 Å². The molecule has 1 aliphatic rings. The van der Waals surface area contributed by atoms with Crippen molar-refractivity contribution in [3.05, 3.63) is 69.6 Å². The van der Waals surface area contributed by atoms with Gasteiger partial charge in [0.15, 0.2) is 17.1 Å². The Kier molecular flexibility index (Phi) is 4.05. The van der Waals surface area contributed by atoms with Gasteiger partial charge in [-0.25, -0.2) is 8.91 Å². The number of rotatable bonds is 3. The van der Waals surface area contributed by atoms with Gasteiger partial charge in [-0.1, -0.05) is 25.1 Å². The minimum atomic E-state index is -0.286. The highest BCUT2D eigenvalue weighted by Crippen LogP contribution is 2.36. The van der Waals surface area contributed by atoms with Gasteiger partial charge in [-0.3, -0.25) is 4.79 Å². The lowest BCUT2D eigenvalue weighted by Crippen LogP contribution is -2.23. The van der Waals surface area contributed by atoms with E-state index in [1.807, 2.05) is 18.4 Å². The molecule has 5 rings (SSSR count). The minimum absolute atomic E-state index is 0.00549. The molecule has 1 aliphatic carbocycles. The Morgan fingerprint density at radius 3 is 2.71 bits per heavy atom. The molecule has 0 saturated carbocycles. The molecule has 0 fully saturated rings. The number of aromatic nitrogens is 4. The molecule has 3 aromatic heterocycles. The molecular formula is C21H17FN4OS. The number of aryl methyl sites for hydroxylation is 1. The van der Waals surface area contributed by atoms with Crippen molar-refractivity contribution < 1.29 is 9.18 Å². The Hall–Kier alpha value is -2.93. The molecule has 140 valence electrons. The number of ketones is 1. The highest BCUT2D eigenvalue weighted by atomic mass is 32.1. The predicted octanol–water partition coefficient (Wildman–Crippen LogP) is 4.47. The van der Waals surface area contributed by atoms with Gasteiger partial charge in [0.2, 0.25) is 0 Å². The second-order valence-electron chi connectivity index (χ2n) is 6.96. The summed E-state index contributed by atoms with van der Waals surface area (Å²) in [5.74, 6) is -0.145. The number of benzene rings is 1. The van der Waals surface area contributed by atoms with Crippen LogP contribution in [0.5, 0.6) is 0 Å². The van der Waals surface area contributed by atoms with Gasteiger partial charge in [0.25, 0.3) is 0 Å². The zero-order valence-electron chi connectivity index (χ0n) is 15.2. The van der Waals surface area contributed by atoms with Gasteiger partial charge in [-0.2, -0.15) is 5.10 Å². The Bertz CT molecular complexity index is 1180. The Morgan fingerprint density at radius 2 is 2.00 bits per heavy atom. The highest BCUT2D eigenvalue weighted by molar-refractivity contribution is 7.10. The van der Waals surface area contributed by atoms with Gasteiger partial charge in [-0.15, -0.1) is 21.5 Å². The van der Waals surface area contributed by atoms with E-state index in [1.165, 1.54) is 17.0 Å². The summed E-state index contributed by atoms with van der Waals surface area (Å²) in [7, 11) is 0. The number of carbonyl (C=O) groups excluding carboxylic acids is 1. The quantitative estimate of drug-likeness (QED) is 0.516. The fraction of sp³-hybridized carbons (Fsp3) is 0.238. The van der Waals surface area contributed by atoms with E-state index in [2.05, 4.69) is 16.3 Å². The summed E-state index contributed by atoms with van der Waals surface area (Å²) in [4.78, 5) is 13.9. The summed E-state index contributed by atoms with van der Waals surface area (Å²) in [5, 5.41) is 15.4. The van der Waals surface area contributed by atoms with Crippen LogP contribution in [0.25, 0.3) is 16.8 Å². The average molecular weight is 392 g/mol. The number of nitrogens with zero attached hydrogens (tertiary/aromatic N) is 4. The van der Waals surface area contributed by atoms with Crippen LogP contribution in [0.2, 0.25) is 0 Å². The minimum Gasteiger partial charge on any atom is -0.292 e. The highest BCUT2D eigenvalue weighted by Gasteiger charge is 2.32. The number of hydrogen-bond acceptors (Lipinski definition) is 5. The maximum Gasteiger partial charge on any atom is 0.185 e. The molecule has 0 unspecified atom stereocenters. The molecule has 7 heteroatoms. The van der Waals surface area contributed by atoms with Crippen molar-refractivity contribution in [2.45, 2.75) is 32.1 Å². The third-order valence-corrected chi connectivity index (χ3v) is 6.29. The number of fused-ring (bicyclic) bond motifs is 3.